The van der Waals surface area contributed by atoms with Crippen molar-refractivity contribution in [2.24, 2.45) is 0 Å². The molecule has 0 aliphatic carbocycles. The van der Waals surface area contributed by atoms with Crippen molar-refractivity contribution < 1.29 is 0 Å². The van der Waals surface area contributed by atoms with Gasteiger partial charge < -0.3 is 0 Å². The van der Waals surface area contributed by atoms with E-state index in [-0.39, 0.29) is 5.54 Å². The van der Waals surface area contributed by atoms with E-state index >= 15 is 0 Å². The molecule has 0 aliphatic heterocycles. The number of aromatic nitrogens is 1. The maximum atomic E-state index is 4.38. The zero-order valence-electron chi connectivity index (χ0n) is 9.73. The Kier molecular flexibility index (Phi) is 3.42. The second-order valence-electron chi connectivity index (χ2n) is 4.38. The van der Waals surface area contributed by atoms with Crippen LogP contribution in [0, 0.1) is 0 Å². The highest BCUT2D eigenvalue weighted by molar-refractivity contribution is 7.09. The largest absolute Gasteiger partial charge is 0.299 e. The average Bonchev–Trinajstić information content (AvgIpc) is 2.91. The molecule has 2 aromatic rings. The fraction of sp³-hybridized carbons (Fsp3) is 0.417. The number of rotatable bonds is 4. The lowest BCUT2D eigenvalue weighted by Crippen LogP contribution is -2.38. The standard InChI is InChI=1S/C12H16N2S2/c1-9(10-4-6-15-8-10)14-12(2,3)11-13-5-7-16-11/h4-9,14H,1-3H3. The second-order valence-corrected chi connectivity index (χ2v) is 6.06. The maximum absolute atomic E-state index is 4.38. The van der Waals surface area contributed by atoms with Crippen LogP contribution in [-0.4, -0.2) is 4.98 Å². The van der Waals surface area contributed by atoms with E-state index in [4.69, 9.17) is 0 Å². The number of hydrogen-bond acceptors (Lipinski definition) is 4. The molecule has 2 nitrogen and oxygen atoms in total. The van der Waals surface area contributed by atoms with Crippen molar-refractivity contribution in [2.45, 2.75) is 32.4 Å². The van der Waals surface area contributed by atoms with Gasteiger partial charge in [-0.25, -0.2) is 4.98 Å². The van der Waals surface area contributed by atoms with Gasteiger partial charge in [0.2, 0.25) is 0 Å². The smallest absolute Gasteiger partial charge is 0.112 e. The summed E-state index contributed by atoms with van der Waals surface area (Å²) in [5.74, 6) is 0. The summed E-state index contributed by atoms with van der Waals surface area (Å²) in [4.78, 5) is 4.38. The van der Waals surface area contributed by atoms with Crippen LogP contribution in [0.3, 0.4) is 0 Å². The highest BCUT2D eigenvalue weighted by Crippen LogP contribution is 2.26. The number of hydrogen-bond donors (Lipinski definition) is 1. The Hall–Kier alpha value is -0.710. The Morgan fingerprint density at radius 1 is 1.38 bits per heavy atom. The molecule has 1 N–H and O–H groups in total. The molecule has 0 bridgehead atoms. The summed E-state index contributed by atoms with van der Waals surface area (Å²) in [7, 11) is 0. The molecule has 2 rings (SSSR count). The number of nitrogens with zero attached hydrogens (tertiary/aromatic N) is 1. The molecule has 0 saturated heterocycles. The van der Waals surface area contributed by atoms with E-state index in [1.165, 1.54) is 5.56 Å². The molecule has 1 unspecified atom stereocenters. The van der Waals surface area contributed by atoms with Crippen molar-refractivity contribution in [3.8, 4) is 0 Å². The summed E-state index contributed by atoms with van der Waals surface area (Å²) in [6.45, 7) is 6.54. The minimum absolute atomic E-state index is 0.0739. The molecule has 0 amide bonds. The van der Waals surface area contributed by atoms with Gasteiger partial charge in [-0.1, -0.05) is 0 Å². The number of thiophene rings is 1. The van der Waals surface area contributed by atoms with E-state index in [0.29, 0.717) is 6.04 Å². The van der Waals surface area contributed by atoms with Gasteiger partial charge in [0.25, 0.3) is 0 Å². The van der Waals surface area contributed by atoms with Crippen LogP contribution in [0.2, 0.25) is 0 Å². The van der Waals surface area contributed by atoms with Crippen LogP contribution in [0.15, 0.2) is 28.4 Å². The van der Waals surface area contributed by atoms with E-state index in [1.807, 2.05) is 11.6 Å². The van der Waals surface area contributed by atoms with Crippen LogP contribution in [-0.2, 0) is 5.54 Å². The molecule has 1 atom stereocenters. The quantitative estimate of drug-likeness (QED) is 0.895. The van der Waals surface area contributed by atoms with E-state index < -0.39 is 0 Å². The normalized spacial score (nSPS) is 13.9. The lowest BCUT2D eigenvalue weighted by atomic mass is 10.0. The average molecular weight is 252 g/mol. The topological polar surface area (TPSA) is 24.9 Å². The predicted molar refractivity (Wildman–Crippen MR) is 71.0 cm³/mol. The lowest BCUT2D eigenvalue weighted by molar-refractivity contribution is 0.356. The molecular weight excluding hydrogens is 236 g/mol. The van der Waals surface area contributed by atoms with Crippen LogP contribution in [0.4, 0.5) is 0 Å². The molecule has 4 heteroatoms. The van der Waals surface area contributed by atoms with Gasteiger partial charge in [-0.15, -0.1) is 11.3 Å². The van der Waals surface area contributed by atoms with Crippen LogP contribution in [0.1, 0.15) is 37.4 Å². The van der Waals surface area contributed by atoms with Crippen LogP contribution in [0.25, 0.3) is 0 Å². The molecular formula is C12H16N2S2. The molecule has 16 heavy (non-hydrogen) atoms. The van der Waals surface area contributed by atoms with Crippen molar-refractivity contribution in [3.63, 3.8) is 0 Å². The van der Waals surface area contributed by atoms with Gasteiger partial charge in [0, 0.05) is 17.6 Å². The number of thiazole rings is 1. The lowest BCUT2D eigenvalue weighted by Gasteiger charge is -2.28. The molecule has 0 saturated carbocycles. The van der Waals surface area contributed by atoms with Crippen LogP contribution in [0.5, 0.6) is 0 Å². The Labute approximate surface area is 104 Å². The molecule has 86 valence electrons. The van der Waals surface area contributed by atoms with Crippen molar-refractivity contribution in [1.82, 2.24) is 10.3 Å². The van der Waals surface area contributed by atoms with Gasteiger partial charge in [0.1, 0.15) is 5.01 Å². The third-order valence-electron chi connectivity index (χ3n) is 2.59. The van der Waals surface area contributed by atoms with E-state index in [0.717, 1.165) is 5.01 Å². The van der Waals surface area contributed by atoms with E-state index in [1.54, 1.807) is 22.7 Å². The van der Waals surface area contributed by atoms with Crippen LogP contribution < -0.4 is 5.32 Å². The van der Waals surface area contributed by atoms with Gasteiger partial charge in [-0.05, 0) is 43.2 Å². The maximum Gasteiger partial charge on any atom is 0.112 e. The molecule has 2 aromatic heterocycles. The summed E-state index contributed by atoms with van der Waals surface area (Å²) < 4.78 is 0. The van der Waals surface area contributed by atoms with E-state index in [9.17, 15) is 0 Å². The first kappa shape index (κ1) is 11.8. The van der Waals surface area contributed by atoms with Crippen molar-refractivity contribution in [2.75, 3.05) is 0 Å². The second kappa shape index (κ2) is 4.65. The van der Waals surface area contributed by atoms with Gasteiger partial charge >= 0.3 is 0 Å². The predicted octanol–water partition coefficient (Wildman–Crippen LogP) is 3.79. The summed E-state index contributed by atoms with van der Waals surface area (Å²) >= 11 is 3.44. The first-order valence-corrected chi connectivity index (χ1v) is 7.11. The van der Waals surface area contributed by atoms with Gasteiger partial charge in [-0.2, -0.15) is 11.3 Å². The van der Waals surface area contributed by atoms with Crippen molar-refractivity contribution >= 4 is 22.7 Å². The summed E-state index contributed by atoms with van der Waals surface area (Å²) in [5, 5.41) is 11.1. The van der Waals surface area contributed by atoms with Gasteiger partial charge in [0.15, 0.2) is 0 Å². The van der Waals surface area contributed by atoms with Crippen molar-refractivity contribution in [3.05, 3.63) is 39.0 Å². The first-order chi connectivity index (χ1) is 7.59. The first-order valence-electron chi connectivity index (χ1n) is 5.29. The monoisotopic (exact) mass is 252 g/mol. The van der Waals surface area contributed by atoms with Crippen molar-refractivity contribution in [1.29, 1.82) is 0 Å². The molecule has 0 fully saturated rings. The van der Waals surface area contributed by atoms with Crippen LogP contribution >= 0.6 is 22.7 Å². The SMILES string of the molecule is CC(NC(C)(C)c1nccs1)c1ccsc1. The molecule has 0 aromatic carbocycles. The molecule has 0 spiro atoms. The van der Waals surface area contributed by atoms with Gasteiger partial charge in [0.05, 0.1) is 5.54 Å². The zero-order chi connectivity index (χ0) is 11.6. The Bertz CT molecular complexity index is 418. The summed E-state index contributed by atoms with van der Waals surface area (Å²) in [5.41, 5.74) is 1.27. The molecule has 0 aliphatic rings. The fourth-order valence-corrected chi connectivity index (χ4v) is 3.22. The minimum Gasteiger partial charge on any atom is -0.299 e. The minimum atomic E-state index is -0.0739. The zero-order valence-corrected chi connectivity index (χ0v) is 11.4. The fourth-order valence-electron chi connectivity index (χ4n) is 1.74. The third kappa shape index (κ3) is 2.51. The molecule has 0 radical (unpaired) electrons. The van der Waals surface area contributed by atoms with E-state index in [2.05, 4.69) is 47.9 Å². The Balaban J connectivity index is 2.09. The van der Waals surface area contributed by atoms with Gasteiger partial charge in [-0.3, -0.25) is 5.32 Å². The highest BCUT2D eigenvalue weighted by atomic mass is 32.1. The summed E-state index contributed by atoms with van der Waals surface area (Å²) in [6.07, 6.45) is 1.86. The summed E-state index contributed by atoms with van der Waals surface area (Å²) in [6, 6.07) is 2.52. The Morgan fingerprint density at radius 3 is 2.75 bits per heavy atom. The third-order valence-corrected chi connectivity index (χ3v) is 4.39. The number of nitrogens with one attached hydrogen (secondary N) is 1. The Morgan fingerprint density at radius 2 is 2.19 bits per heavy atom. The molecule has 2 heterocycles. The highest BCUT2D eigenvalue weighted by Gasteiger charge is 2.25.